The third kappa shape index (κ3) is 4.54. The van der Waals surface area contributed by atoms with E-state index in [0.29, 0.717) is 23.6 Å². The number of amides is 1. The highest BCUT2D eigenvalue weighted by atomic mass is 16.1. The van der Waals surface area contributed by atoms with Crippen molar-refractivity contribution in [1.82, 2.24) is 19.9 Å². The molecule has 4 rings (SSSR count). The van der Waals surface area contributed by atoms with Crippen molar-refractivity contribution < 1.29 is 4.79 Å². The van der Waals surface area contributed by atoms with Crippen molar-refractivity contribution in [3.63, 3.8) is 0 Å². The average molecular weight is 411 g/mol. The molecule has 0 fully saturated rings. The lowest BCUT2D eigenvalue weighted by Gasteiger charge is -2.11. The van der Waals surface area contributed by atoms with E-state index in [0.717, 1.165) is 23.1 Å². The summed E-state index contributed by atoms with van der Waals surface area (Å²) in [6, 6.07) is 15.2. The van der Waals surface area contributed by atoms with Gasteiger partial charge >= 0.3 is 0 Å². The second kappa shape index (κ2) is 9.10. The molecule has 0 saturated heterocycles. The summed E-state index contributed by atoms with van der Waals surface area (Å²) < 4.78 is 0. The van der Waals surface area contributed by atoms with E-state index in [1.165, 1.54) is 0 Å². The van der Waals surface area contributed by atoms with Crippen molar-refractivity contribution >= 4 is 17.4 Å². The Labute approximate surface area is 179 Å². The Bertz CT molecular complexity index is 1190. The van der Waals surface area contributed by atoms with Crippen LogP contribution in [0, 0.1) is 0 Å². The zero-order chi connectivity index (χ0) is 21.6. The Hall–Kier alpha value is -4.17. The first kappa shape index (κ1) is 20.1. The number of anilines is 2. The second-order valence-electron chi connectivity index (χ2n) is 6.82. The van der Waals surface area contributed by atoms with E-state index in [1.807, 2.05) is 42.5 Å². The third-order valence-electron chi connectivity index (χ3n) is 4.71. The molecule has 0 unspecified atom stereocenters. The maximum atomic E-state index is 13.0. The molecule has 31 heavy (non-hydrogen) atoms. The summed E-state index contributed by atoms with van der Waals surface area (Å²) in [4.78, 5) is 30.1. The highest BCUT2D eigenvalue weighted by molar-refractivity contribution is 6.07. The Morgan fingerprint density at radius 2 is 1.77 bits per heavy atom. The van der Waals surface area contributed by atoms with Crippen molar-refractivity contribution in [1.29, 1.82) is 0 Å². The van der Waals surface area contributed by atoms with Crippen LogP contribution in [0.5, 0.6) is 0 Å². The molecule has 0 aliphatic rings. The molecule has 3 heterocycles. The fraction of sp³-hybridized carbons (Fsp3) is 0.0870. The standard InChI is InChI=1S/C23H21N7O/c24-10-8-15-4-6-16(7-5-15)19-14-28-22(25)21(29-19)23(31)30-20-13-26-12-9-17(20)18-3-1-2-11-27-18/h1-7,9,11-14H,8,10,24H2,(H2,25,28)(H,30,31). The van der Waals surface area contributed by atoms with Gasteiger partial charge in [0.05, 0.1) is 29.5 Å². The molecular formula is C23H21N7O. The van der Waals surface area contributed by atoms with E-state index < -0.39 is 5.91 Å². The van der Waals surface area contributed by atoms with Crippen LogP contribution in [0.2, 0.25) is 0 Å². The Kier molecular flexibility index (Phi) is 5.91. The minimum atomic E-state index is -0.475. The lowest BCUT2D eigenvalue weighted by Crippen LogP contribution is -2.18. The van der Waals surface area contributed by atoms with Crippen LogP contribution in [0.3, 0.4) is 0 Å². The normalized spacial score (nSPS) is 10.6. The predicted octanol–water partition coefficient (Wildman–Crippen LogP) is 2.94. The molecule has 3 aromatic heterocycles. The Morgan fingerprint density at radius 3 is 2.52 bits per heavy atom. The van der Waals surface area contributed by atoms with Gasteiger partial charge in [-0.2, -0.15) is 0 Å². The summed E-state index contributed by atoms with van der Waals surface area (Å²) in [5, 5.41) is 2.83. The summed E-state index contributed by atoms with van der Waals surface area (Å²) in [5.41, 5.74) is 16.1. The molecule has 8 heteroatoms. The zero-order valence-electron chi connectivity index (χ0n) is 16.7. The number of nitrogens with zero attached hydrogens (tertiary/aromatic N) is 4. The number of aromatic nitrogens is 4. The zero-order valence-corrected chi connectivity index (χ0v) is 16.7. The predicted molar refractivity (Wildman–Crippen MR) is 120 cm³/mol. The van der Waals surface area contributed by atoms with Gasteiger partial charge in [-0.1, -0.05) is 30.3 Å². The number of hydrogen-bond donors (Lipinski definition) is 3. The van der Waals surface area contributed by atoms with Gasteiger partial charge in [-0.25, -0.2) is 9.97 Å². The number of carbonyl (C=O) groups excluding carboxylic acids is 1. The molecule has 8 nitrogen and oxygen atoms in total. The van der Waals surface area contributed by atoms with Gasteiger partial charge in [0.25, 0.3) is 5.91 Å². The molecule has 5 N–H and O–H groups in total. The van der Waals surface area contributed by atoms with Crippen LogP contribution in [0.25, 0.3) is 22.5 Å². The summed E-state index contributed by atoms with van der Waals surface area (Å²) in [5.74, 6) is -0.430. The highest BCUT2D eigenvalue weighted by Crippen LogP contribution is 2.26. The first-order chi connectivity index (χ1) is 15.2. The van der Waals surface area contributed by atoms with Crippen LogP contribution in [-0.4, -0.2) is 32.4 Å². The molecule has 4 aromatic rings. The van der Waals surface area contributed by atoms with E-state index in [1.54, 1.807) is 30.9 Å². The Morgan fingerprint density at radius 1 is 0.935 bits per heavy atom. The van der Waals surface area contributed by atoms with Gasteiger partial charge in [0.15, 0.2) is 11.5 Å². The number of nitrogens with two attached hydrogens (primary N) is 2. The van der Waals surface area contributed by atoms with Crippen LogP contribution in [0.1, 0.15) is 16.1 Å². The number of nitrogen functional groups attached to an aromatic ring is 1. The minimum absolute atomic E-state index is 0.0411. The molecule has 0 bridgehead atoms. The number of nitrogens with one attached hydrogen (secondary N) is 1. The molecule has 0 radical (unpaired) electrons. The summed E-state index contributed by atoms with van der Waals surface area (Å²) in [6.07, 6.45) is 7.24. The van der Waals surface area contributed by atoms with E-state index in [2.05, 4.69) is 25.3 Å². The first-order valence-corrected chi connectivity index (χ1v) is 9.74. The second-order valence-corrected chi connectivity index (χ2v) is 6.82. The van der Waals surface area contributed by atoms with Crippen molar-refractivity contribution in [3.8, 4) is 22.5 Å². The van der Waals surface area contributed by atoms with Crippen LogP contribution < -0.4 is 16.8 Å². The fourth-order valence-corrected chi connectivity index (χ4v) is 3.13. The molecule has 154 valence electrons. The number of rotatable bonds is 6. The number of hydrogen-bond acceptors (Lipinski definition) is 7. The van der Waals surface area contributed by atoms with E-state index in [4.69, 9.17) is 11.5 Å². The van der Waals surface area contributed by atoms with Crippen molar-refractivity contribution in [2.75, 3.05) is 17.6 Å². The SMILES string of the molecule is NCCc1ccc(-c2cnc(N)c(C(=O)Nc3cnccc3-c3ccccn3)n2)cc1. The fourth-order valence-electron chi connectivity index (χ4n) is 3.13. The van der Waals surface area contributed by atoms with Gasteiger partial charge in [-0.15, -0.1) is 0 Å². The van der Waals surface area contributed by atoms with Crippen molar-refractivity contribution in [3.05, 3.63) is 84.6 Å². The maximum Gasteiger partial charge on any atom is 0.278 e. The molecule has 0 atom stereocenters. The summed E-state index contributed by atoms with van der Waals surface area (Å²) in [6.45, 7) is 0.584. The van der Waals surface area contributed by atoms with Gasteiger partial charge in [-0.05, 0) is 36.7 Å². The topological polar surface area (TPSA) is 133 Å². The molecule has 0 aliphatic carbocycles. The van der Waals surface area contributed by atoms with Crippen LogP contribution in [-0.2, 0) is 6.42 Å². The molecule has 0 saturated carbocycles. The van der Waals surface area contributed by atoms with Crippen LogP contribution in [0.15, 0.2) is 73.3 Å². The van der Waals surface area contributed by atoms with Gasteiger partial charge in [0, 0.05) is 23.5 Å². The number of pyridine rings is 2. The van der Waals surface area contributed by atoms with E-state index >= 15 is 0 Å². The number of carbonyl (C=O) groups is 1. The maximum absolute atomic E-state index is 13.0. The smallest absolute Gasteiger partial charge is 0.278 e. The largest absolute Gasteiger partial charge is 0.382 e. The van der Waals surface area contributed by atoms with Crippen LogP contribution in [0.4, 0.5) is 11.5 Å². The first-order valence-electron chi connectivity index (χ1n) is 9.74. The van der Waals surface area contributed by atoms with Crippen LogP contribution >= 0.6 is 0 Å². The minimum Gasteiger partial charge on any atom is -0.382 e. The lowest BCUT2D eigenvalue weighted by molar-refractivity contribution is 0.102. The van der Waals surface area contributed by atoms with E-state index in [-0.39, 0.29) is 11.5 Å². The molecule has 0 aliphatic heterocycles. The monoisotopic (exact) mass is 411 g/mol. The number of benzene rings is 1. The average Bonchev–Trinajstić information content (AvgIpc) is 2.81. The van der Waals surface area contributed by atoms with Gasteiger partial charge in [-0.3, -0.25) is 14.8 Å². The quantitative estimate of drug-likeness (QED) is 0.444. The van der Waals surface area contributed by atoms with Crippen molar-refractivity contribution in [2.24, 2.45) is 5.73 Å². The molecule has 1 amide bonds. The lowest BCUT2D eigenvalue weighted by atomic mass is 10.1. The Balaban J connectivity index is 1.62. The van der Waals surface area contributed by atoms with Gasteiger partial charge in [0.2, 0.25) is 0 Å². The van der Waals surface area contributed by atoms with Gasteiger partial charge in [0.1, 0.15) is 0 Å². The van der Waals surface area contributed by atoms with Gasteiger partial charge < -0.3 is 16.8 Å². The summed E-state index contributed by atoms with van der Waals surface area (Å²) in [7, 11) is 0. The third-order valence-corrected chi connectivity index (χ3v) is 4.71. The molecule has 0 spiro atoms. The highest BCUT2D eigenvalue weighted by Gasteiger charge is 2.17. The van der Waals surface area contributed by atoms with E-state index in [9.17, 15) is 4.79 Å². The molecule has 1 aromatic carbocycles. The molecular weight excluding hydrogens is 390 g/mol. The summed E-state index contributed by atoms with van der Waals surface area (Å²) >= 11 is 0. The van der Waals surface area contributed by atoms with Crippen molar-refractivity contribution in [2.45, 2.75) is 6.42 Å².